The van der Waals surface area contributed by atoms with Crippen LogP contribution >= 0.6 is 0 Å². The van der Waals surface area contributed by atoms with Crippen LogP contribution in [0, 0.1) is 10.8 Å². The van der Waals surface area contributed by atoms with Crippen molar-refractivity contribution in [1.29, 1.82) is 0 Å². The van der Waals surface area contributed by atoms with E-state index in [1.807, 2.05) is 0 Å². The first-order valence-electron chi connectivity index (χ1n) is 15.4. The van der Waals surface area contributed by atoms with E-state index in [4.69, 9.17) is 14.2 Å². The van der Waals surface area contributed by atoms with Gasteiger partial charge in [0.1, 0.15) is 13.6 Å². The van der Waals surface area contributed by atoms with Crippen LogP contribution in [0.2, 0.25) is 0 Å². The van der Waals surface area contributed by atoms with Gasteiger partial charge in [0.15, 0.2) is 0 Å². The van der Waals surface area contributed by atoms with Gasteiger partial charge < -0.3 is 14.2 Å². The molecule has 0 fully saturated rings. The zero-order valence-corrected chi connectivity index (χ0v) is 25.2. The van der Waals surface area contributed by atoms with Gasteiger partial charge in [0.25, 0.3) is 0 Å². The highest BCUT2D eigenvalue weighted by Crippen LogP contribution is 2.23. The van der Waals surface area contributed by atoms with E-state index in [1.54, 1.807) is 0 Å². The van der Waals surface area contributed by atoms with Gasteiger partial charge >= 0.3 is 0 Å². The van der Waals surface area contributed by atoms with Gasteiger partial charge in [0.2, 0.25) is 0 Å². The van der Waals surface area contributed by atoms with Gasteiger partial charge in [0, 0.05) is 13.2 Å². The average Bonchev–Trinajstić information content (AvgIpc) is 2.77. The first kappa shape index (κ1) is 34.9. The fourth-order valence-corrected chi connectivity index (χ4v) is 4.46. The minimum atomic E-state index is 0.365. The summed E-state index contributed by atoms with van der Waals surface area (Å²) in [6.45, 7) is 16.4. The van der Waals surface area contributed by atoms with E-state index < -0.39 is 0 Å². The lowest BCUT2D eigenvalue weighted by atomic mass is 9.89. The first-order valence-corrected chi connectivity index (χ1v) is 15.4. The standard InChI is InChI=1S/C32H66O3/c1-31(2,3)25-21-17-13-9-7-11-15-19-23-27-33-29-35-30-34-28-24-20-16-12-8-10-14-18-22-26-32(4,5)6/h7-30H2,1-6H3. The predicted octanol–water partition coefficient (Wildman–Crippen LogP) is 10.8. The molecule has 0 N–H and O–H groups in total. The van der Waals surface area contributed by atoms with Crippen LogP contribution in [0.15, 0.2) is 0 Å². The molecule has 0 aliphatic heterocycles. The maximum Gasteiger partial charge on any atom is 0.149 e. The van der Waals surface area contributed by atoms with Gasteiger partial charge in [-0.25, -0.2) is 0 Å². The average molecular weight is 499 g/mol. The van der Waals surface area contributed by atoms with Crippen molar-refractivity contribution in [3.05, 3.63) is 0 Å². The molecule has 0 bridgehead atoms. The molecule has 0 aromatic heterocycles. The fourth-order valence-electron chi connectivity index (χ4n) is 4.46. The van der Waals surface area contributed by atoms with Crippen LogP contribution in [0.3, 0.4) is 0 Å². The Labute approximate surface area is 221 Å². The number of hydrogen-bond donors (Lipinski definition) is 0. The summed E-state index contributed by atoms with van der Waals surface area (Å²) in [4.78, 5) is 0. The minimum Gasteiger partial charge on any atom is -0.355 e. The van der Waals surface area contributed by atoms with E-state index in [-0.39, 0.29) is 0 Å². The molecule has 0 radical (unpaired) electrons. The van der Waals surface area contributed by atoms with Gasteiger partial charge in [-0.1, -0.05) is 144 Å². The van der Waals surface area contributed by atoms with E-state index in [0.717, 1.165) is 26.1 Å². The number of unbranched alkanes of at least 4 members (excludes halogenated alkanes) is 16. The summed E-state index contributed by atoms with van der Waals surface area (Å²) in [6, 6.07) is 0. The molecule has 0 aliphatic rings. The van der Waals surface area contributed by atoms with E-state index in [2.05, 4.69) is 41.5 Å². The Balaban J connectivity index is 3.07. The van der Waals surface area contributed by atoms with E-state index >= 15 is 0 Å². The van der Waals surface area contributed by atoms with Crippen molar-refractivity contribution in [2.24, 2.45) is 10.8 Å². The summed E-state index contributed by atoms with van der Waals surface area (Å²) in [7, 11) is 0. The number of rotatable bonds is 26. The molecule has 212 valence electrons. The molecule has 0 aromatic rings. The van der Waals surface area contributed by atoms with Crippen LogP contribution in [-0.2, 0) is 14.2 Å². The molecule has 0 unspecified atom stereocenters. The van der Waals surface area contributed by atoms with E-state index in [0.29, 0.717) is 24.4 Å². The summed E-state index contributed by atoms with van der Waals surface area (Å²) in [5, 5.41) is 0. The molecule has 0 amide bonds. The third kappa shape index (κ3) is 33.9. The summed E-state index contributed by atoms with van der Waals surface area (Å²) >= 11 is 0. The molecule has 3 nitrogen and oxygen atoms in total. The Bertz CT molecular complexity index is 370. The summed E-state index contributed by atoms with van der Waals surface area (Å²) < 4.78 is 16.5. The molecule has 0 aromatic carbocycles. The van der Waals surface area contributed by atoms with Crippen LogP contribution in [0.5, 0.6) is 0 Å². The van der Waals surface area contributed by atoms with Crippen LogP contribution in [0.4, 0.5) is 0 Å². The largest absolute Gasteiger partial charge is 0.355 e. The highest BCUT2D eigenvalue weighted by Gasteiger charge is 2.09. The normalized spacial score (nSPS) is 12.5. The maximum absolute atomic E-state index is 5.55. The van der Waals surface area contributed by atoms with Crippen LogP contribution < -0.4 is 0 Å². The second kappa shape index (κ2) is 24.2. The zero-order valence-electron chi connectivity index (χ0n) is 25.2. The summed E-state index contributed by atoms with van der Waals surface area (Å²) in [5.41, 5.74) is 1.01. The fraction of sp³-hybridized carbons (Fsp3) is 1.00. The van der Waals surface area contributed by atoms with Crippen molar-refractivity contribution in [3.63, 3.8) is 0 Å². The van der Waals surface area contributed by atoms with Gasteiger partial charge in [-0.3, -0.25) is 0 Å². The van der Waals surface area contributed by atoms with Crippen molar-refractivity contribution < 1.29 is 14.2 Å². The van der Waals surface area contributed by atoms with Crippen LogP contribution in [0.25, 0.3) is 0 Å². The molecule has 35 heavy (non-hydrogen) atoms. The molecule has 0 heterocycles. The Kier molecular flexibility index (Phi) is 24.1. The van der Waals surface area contributed by atoms with E-state index in [1.165, 1.54) is 116 Å². The van der Waals surface area contributed by atoms with Gasteiger partial charge in [0.05, 0.1) is 0 Å². The van der Waals surface area contributed by atoms with E-state index in [9.17, 15) is 0 Å². The Morgan fingerprint density at radius 1 is 0.314 bits per heavy atom. The molecule has 0 rings (SSSR count). The second-order valence-electron chi connectivity index (χ2n) is 13.2. The smallest absolute Gasteiger partial charge is 0.149 e. The molecule has 0 saturated heterocycles. The molecule has 3 heteroatoms. The van der Waals surface area contributed by atoms with Crippen molar-refractivity contribution in [2.45, 2.75) is 170 Å². The first-order chi connectivity index (χ1) is 16.7. The quantitative estimate of drug-likeness (QED) is 0.0876. The third-order valence-corrected chi connectivity index (χ3v) is 6.76. The maximum atomic E-state index is 5.55. The molecule has 0 atom stereocenters. The van der Waals surface area contributed by atoms with Gasteiger partial charge in [-0.05, 0) is 36.5 Å². The van der Waals surface area contributed by atoms with Crippen molar-refractivity contribution in [3.8, 4) is 0 Å². The highest BCUT2D eigenvalue weighted by atomic mass is 16.7. The summed E-state index contributed by atoms with van der Waals surface area (Å²) in [6.07, 6.45) is 27.1. The second-order valence-corrected chi connectivity index (χ2v) is 13.2. The number of ether oxygens (including phenoxy) is 3. The monoisotopic (exact) mass is 499 g/mol. The van der Waals surface area contributed by atoms with Gasteiger partial charge in [-0.15, -0.1) is 0 Å². The SMILES string of the molecule is CC(C)(C)CCCCCCCCCCCOCOCOCCCCCCCCCCCC(C)(C)C. The summed E-state index contributed by atoms with van der Waals surface area (Å²) in [5.74, 6) is 0. The van der Waals surface area contributed by atoms with Crippen LogP contribution in [0.1, 0.15) is 170 Å². The molecule has 0 spiro atoms. The van der Waals surface area contributed by atoms with Crippen molar-refractivity contribution >= 4 is 0 Å². The van der Waals surface area contributed by atoms with Crippen LogP contribution in [-0.4, -0.2) is 26.8 Å². The molecule has 0 aliphatic carbocycles. The lowest BCUT2D eigenvalue weighted by Crippen LogP contribution is -2.06. The topological polar surface area (TPSA) is 27.7 Å². The Hall–Kier alpha value is -0.120. The molecule has 0 saturated carbocycles. The zero-order chi connectivity index (χ0) is 26.1. The minimum absolute atomic E-state index is 0.365. The highest BCUT2D eigenvalue weighted by molar-refractivity contribution is 4.62. The van der Waals surface area contributed by atoms with Crippen molar-refractivity contribution in [1.82, 2.24) is 0 Å². The predicted molar refractivity (Wildman–Crippen MR) is 154 cm³/mol. The third-order valence-electron chi connectivity index (χ3n) is 6.76. The lowest BCUT2D eigenvalue weighted by Gasteiger charge is -2.17. The van der Waals surface area contributed by atoms with Gasteiger partial charge in [-0.2, -0.15) is 0 Å². The Morgan fingerprint density at radius 3 is 0.857 bits per heavy atom. The molecular weight excluding hydrogens is 432 g/mol. The van der Waals surface area contributed by atoms with Crippen molar-refractivity contribution in [2.75, 3.05) is 26.8 Å². The Morgan fingerprint density at radius 2 is 0.571 bits per heavy atom. The lowest BCUT2D eigenvalue weighted by molar-refractivity contribution is -0.131. The number of hydrogen-bond acceptors (Lipinski definition) is 3. The molecular formula is C32H66O3.